The summed E-state index contributed by atoms with van der Waals surface area (Å²) < 4.78 is 0. The third-order valence-electron chi connectivity index (χ3n) is 2.16. The maximum Gasteiger partial charge on any atom is -0.0279 e. The third kappa shape index (κ3) is 13.2. The Labute approximate surface area is 103 Å². The van der Waals surface area contributed by atoms with Gasteiger partial charge in [-0.25, -0.2) is 0 Å². The van der Waals surface area contributed by atoms with Crippen LogP contribution in [-0.2, 0) is 6.42 Å². The molecule has 0 aliphatic rings. The summed E-state index contributed by atoms with van der Waals surface area (Å²) in [5.74, 6) is 0. The van der Waals surface area contributed by atoms with Crippen molar-refractivity contribution < 1.29 is 0 Å². The van der Waals surface area contributed by atoms with Gasteiger partial charge in [0.05, 0.1) is 0 Å². The van der Waals surface area contributed by atoms with Gasteiger partial charge in [0, 0.05) is 0 Å². The fourth-order valence-electron chi connectivity index (χ4n) is 1.03. The monoisotopic (exact) mass is 222 g/mol. The van der Waals surface area contributed by atoms with Crippen LogP contribution in [0.3, 0.4) is 0 Å². The van der Waals surface area contributed by atoms with Crippen molar-refractivity contribution in [2.24, 2.45) is 0 Å². The predicted octanol–water partition coefficient (Wildman–Crippen LogP) is 5.86. The zero-order chi connectivity index (χ0) is 12.6. The molecule has 1 aromatic rings. The Balaban J connectivity index is 0. The van der Waals surface area contributed by atoms with Gasteiger partial charge >= 0.3 is 0 Å². The molecule has 0 radical (unpaired) electrons. The molecule has 0 saturated carbocycles. The zero-order valence-electron chi connectivity index (χ0n) is 11.9. The minimum atomic E-state index is 1.23. The van der Waals surface area contributed by atoms with Crippen LogP contribution in [0.25, 0.3) is 0 Å². The molecule has 0 heterocycles. The van der Waals surface area contributed by atoms with Crippen molar-refractivity contribution in [1.82, 2.24) is 0 Å². The lowest BCUT2D eigenvalue weighted by molar-refractivity contribution is 0.795. The van der Waals surface area contributed by atoms with Gasteiger partial charge in [0.1, 0.15) is 0 Å². The Kier molecular flexibility index (Phi) is 18.3. The Morgan fingerprint density at radius 3 is 1.62 bits per heavy atom. The first-order valence-electron chi connectivity index (χ1n) is 6.89. The SMILES string of the molecule is CC.CCCC.CCCCc1ccccc1. The van der Waals surface area contributed by atoms with Crippen molar-refractivity contribution >= 4 is 0 Å². The molecule has 0 bridgehead atoms. The van der Waals surface area contributed by atoms with E-state index in [9.17, 15) is 0 Å². The van der Waals surface area contributed by atoms with Gasteiger partial charge in [-0.1, -0.05) is 84.2 Å². The van der Waals surface area contributed by atoms with E-state index in [4.69, 9.17) is 0 Å². The predicted molar refractivity (Wildman–Crippen MR) is 77.0 cm³/mol. The van der Waals surface area contributed by atoms with E-state index in [1.807, 2.05) is 13.8 Å². The Morgan fingerprint density at radius 2 is 1.25 bits per heavy atom. The maximum atomic E-state index is 2.23. The summed E-state index contributed by atoms with van der Waals surface area (Å²) in [4.78, 5) is 0. The maximum absolute atomic E-state index is 2.23. The normalized spacial score (nSPS) is 8.31. The number of hydrogen-bond acceptors (Lipinski definition) is 0. The fourth-order valence-corrected chi connectivity index (χ4v) is 1.03. The van der Waals surface area contributed by atoms with Gasteiger partial charge < -0.3 is 0 Å². The van der Waals surface area contributed by atoms with Crippen LogP contribution in [0.1, 0.15) is 65.9 Å². The first-order valence-corrected chi connectivity index (χ1v) is 6.89. The molecule has 94 valence electrons. The molecule has 0 aromatic heterocycles. The molecule has 0 aliphatic carbocycles. The van der Waals surface area contributed by atoms with Crippen LogP contribution in [0.4, 0.5) is 0 Å². The van der Waals surface area contributed by atoms with Crippen molar-refractivity contribution in [2.75, 3.05) is 0 Å². The Morgan fingerprint density at radius 1 is 0.750 bits per heavy atom. The number of unbranched alkanes of at least 4 members (excludes halogenated alkanes) is 2. The van der Waals surface area contributed by atoms with E-state index in [-0.39, 0.29) is 0 Å². The van der Waals surface area contributed by atoms with Crippen LogP contribution in [0.2, 0.25) is 0 Å². The van der Waals surface area contributed by atoms with Crippen molar-refractivity contribution in [3.63, 3.8) is 0 Å². The molecular formula is C16H30. The van der Waals surface area contributed by atoms with Gasteiger partial charge in [-0.15, -0.1) is 0 Å². The van der Waals surface area contributed by atoms with Crippen molar-refractivity contribution in [3.8, 4) is 0 Å². The van der Waals surface area contributed by atoms with Crippen LogP contribution in [-0.4, -0.2) is 0 Å². The van der Waals surface area contributed by atoms with E-state index in [1.165, 1.54) is 37.7 Å². The molecule has 0 saturated heterocycles. The van der Waals surface area contributed by atoms with Gasteiger partial charge in [-0.3, -0.25) is 0 Å². The highest BCUT2D eigenvalue weighted by atomic mass is 13.9. The van der Waals surface area contributed by atoms with Crippen LogP contribution in [0, 0.1) is 0 Å². The molecule has 0 aliphatic heterocycles. The minimum absolute atomic E-state index is 1.23. The van der Waals surface area contributed by atoms with Crippen molar-refractivity contribution in [3.05, 3.63) is 35.9 Å². The number of aryl methyl sites for hydroxylation is 1. The number of rotatable bonds is 4. The lowest BCUT2D eigenvalue weighted by Crippen LogP contribution is -1.81. The molecule has 0 nitrogen and oxygen atoms in total. The third-order valence-corrected chi connectivity index (χ3v) is 2.16. The molecule has 0 spiro atoms. The average Bonchev–Trinajstić information content (AvgIpc) is 2.40. The summed E-state index contributed by atoms with van der Waals surface area (Å²) in [6.45, 7) is 10.6. The Hall–Kier alpha value is -0.780. The van der Waals surface area contributed by atoms with Gasteiger partial charge in [-0.2, -0.15) is 0 Å². The smallest absolute Gasteiger partial charge is 0.0279 e. The molecule has 0 atom stereocenters. The summed E-state index contributed by atoms with van der Waals surface area (Å²) in [6.07, 6.45) is 6.47. The second-order valence-corrected chi connectivity index (χ2v) is 3.59. The molecule has 0 N–H and O–H groups in total. The molecule has 1 rings (SSSR count). The summed E-state index contributed by atoms with van der Waals surface area (Å²) in [6, 6.07) is 10.6. The summed E-state index contributed by atoms with van der Waals surface area (Å²) in [5.41, 5.74) is 1.46. The molecule has 0 unspecified atom stereocenters. The van der Waals surface area contributed by atoms with Crippen LogP contribution in [0.15, 0.2) is 30.3 Å². The quantitative estimate of drug-likeness (QED) is 0.598. The molecule has 0 heteroatoms. The van der Waals surface area contributed by atoms with E-state index in [0.29, 0.717) is 0 Å². The first kappa shape index (κ1) is 17.6. The lowest BCUT2D eigenvalue weighted by Gasteiger charge is -1.96. The van der Waals surface area contributed by atoms with E-state index in [2.05, 4.69) is 51.1 Å². The summed E-state index contributed by atoms with van der Waals surface area (Å²) >= 11 is 0. The van der Waals surface area contributed by atoms with Gasteiger partial charge in [-0.05, 0) is 18.4 Å². The number of benzene rings is 1. The molecule has 0 amide bonds. The molecule has 16 heavy (non-hydrogen) atoms. The van der Waals surface area contributed by atoms with Crippen LogP contribution < -0.4 is 0 Å². The standard InChI is InChI=1S/C10H14.C4H10.C2H6/c1-2-3-7-10-8-5-4-6-9-10;1-3-4-2;1-2/h4-6,8-9H,2-3,7H2,1H3;3-4H2,1-2H3;1-2H3. The Bertz CT molecular complexity index is 186. The summed E-state index contributed by atoms with van der Waals surface area (Å²) in [7, 11) is 0. The lowest BCUT2D eigenvalue weighted by atomic mass is 10.1. The van der Waals surface area contributed by atoms with Crippen LogP contribution >= 0.6 is 0 Å². The largest absolute Gasteiger partial charge is 0.0683 e. The zero-order valence-corrected chi connectivity index (χ0v) is 11.9. The minimum Gasteiger partial charge on any atom is -0.0683 e. The van der Waals surface area contributed by atoms with E-state index < -0.39 is 0 Å². The van der Waals surface area contributed by atoms with Gasteiger partial charge in [0.15, 0.2) is 0 Å². The van der Waals surface area contributed by atoms with Gasteiger partial charge in [0.2, 0.25) is 0 Å². The number of hydrogen-bond donors (Lipinski definition) is 0. The summed E-state index contributed by atoms with van der Waals surface area (Å²) in [5, 5.41) is 0. The second-order valence-electron chi connectivity index (χ2n) is 3.59. The van der Waals surface area contributed by atoms with Crippen LogP contribution in [0.5, 0.6) is 0 Å². The van der Waals surface area contributed by atoms with E-state index >= 15 is 0 Å². The second kappa shape index (κ2) is 16.6. The molecule has 0 fully saturated rings. The first-order chi connectivity index (χ1) is 7.85. The topological polar surface area (TPSA) is 0 Å². The highest BCUT2D eigenvalue weighted by molar-refractivity contribution is 5.14. The molecular weight excluding hydrogens is 192 g/mol. The van der Waals surface area contributed by atoms with Crippen molar-refractivity contribution in [2.45, 2.75) is 66.7 Å². The van der Waals surface area contributed by atoms with E-state index in [0.717, 1.165) is 0 Å². The van der Waals surface area contributed by atoms with E-state index in [1.54, 1.807) is 0 Å². The fraction of sp³-hybridized carbons (Fsp3) is 0.625. The van der Waals surface area contributed by atoms with Crippen molar-refractivity contribution in [1.29, 1.82) is 0 Å². The highest BCUT2D eigenvalue weighted by Crippen LogP contribution is 2.03. The highest BCUT2D eigenvalue weighted by Gasteiger charge is 1.87. The average molecular weight is 222 g/mol. The molecule has 1 aromatic carbocycles. The van der Waals surface area contributed by atoms with Gasteiger partial charge in [0.25, 0.3) is 0 Å².